The molecule has 0 radical (unpaired) electrons. The van der Waals surface area contributed by atoms with E-state index in [9.17, 15) is 4.79 Å². The molecule has 0 bridgehead atoms. The quantitative estimate of drug-likeness (QED) is 0.586. The fourth-order valence-corrected chi connectivity index (χ4v) is 2.90. The predicted octanol–water partition coefficient (Wildman–Crippen LogP) is 3.61. The van der Waals surface area contributed by atoms with E-state index in [1.165, 1.54) is 0 Å². The number of nitrogens with one attached hydrogen (secondary N) is 1. The third-order valence-corrected chi connectivity index (χ3v) is 4.41. The second kappa shape index (κ2) is 8.67. The zero-order chi connectivity index (χ0) is 17.5. The van der Waals surface area contributed by atoms with Crippen molar-refractivity contribution in [3.05, 3.63) is 65.0 Å². The van der Waals surface area contributed by atoms with Crippen LogP contribution >= 0.6 is 15.9 Å². The standard InChI is InChI=1S/C19H20BrN3O2/c20-16-6-1-2-7-17(16)25-13-5-9-19(24)21-11-10-15-14-23-12-4-3-8-18(23)22-15/h1-4,6-8,12,14H,5,9-11,13H2,(H,21,24). The molecule has 0 unspecified atom stereocenters. The summed E-state index contributed by atoms with van der Waals surface area (Å²) in [4.78, 5) is 16.4. The van der Waals surface area contributed by atoms with Gasteiger partial charge in [-0.25, -0.2) is 4.98 Å². The minimum Gasteiger partial charge on any atom is -0.492 e. The zero-order valence-corrected chi connectivity index (χ0v) is 15.4. The summed E-state index contributed by atoms with van der Waals surface area (Å²) >= 11 is 3.43. The Balaban J connectivity index is 1.33. The Kier molecular flexibility index (Phi) is 6.06. The van der Waals surface area contributed by atoms with E-state index in [0.717, 1.165) is 28.0 Å². The number of carbonyl (C=O) groups is 1. The van der Waals surface area contributed by atoms with Crippen LogP contribution in [0.2, 0.25) is 0 Å². The number of fused-ring (bicyclic) bond motifs is 1. The Morgan fingerprint density at radius 3 is 2.88 bits per heavy atom. The molecule has 0 fully saturated rings. The molecule has 2 aromatic heterocycles. The summed E-state index contributed by atoms with van der Waals surface area (Å²) in [6, 6.07) is 13.6. The van der Waals surface area contributed by atoms with Gasteiger partial charge in [-0.15, -0.1) is 0 Å². The molecule has 2 heterocycles. The second-order valence-corrected chi connectivity index (χ2v) is 6.54. The molecule has 0 saturated carbocycles. The topological polar surface area (TPSA) is 55.6 Å². The molecule has 0 aliphatic rings. The minimum atomic E-state index is 0.0412. The maximum absolute atomic E-state index is 11.9. The van der Waals surface area contributed by atoms with Gasteiger partial charge in [0.25, 0.3) is 0 Å². The number of para-hydroxylation sites is 1. The molecule has 3 rings (SSSR count). The summed E-state index contributed by atoms with van der Waals surface area (Å²) in [6.45, 7) is 1.11. The molecular formula is C19H20BrN3O2. The van der Waals surface area contributed by atoms with Gasteiger partial charge in [0.2, 0.25) is 5.91 Å². The number of halogens is 1. The highest BCUT2D eigenvalue weighted by molar-refractivity contribution is 9.10. The first kappa shape index (κ1) is 17.5. The van der Waals surface area contributed by atoms with E-state index in [2.05, 4.69) is 26.2 Å². The van der Waals surface area contributed by atoms with Gasteiger partial charge in [-0.05, 0) is 46.6 Å². The predicted molar refractivity (Wildman–Crippen MR) is 101 cm³/mol. The van der Waals surface area contributed by atoms with Crippen molar-refractivity contribution in [2.45, 2.75) is 19.3 Å². The van der Waals surface area contributed by atoms with Crippen molar-refractivity contribution >= 4 is 27.5 Å². The molecule has 130 valence electrons. The molecule has 1 amide bonds. The lowest BCUT2D eigenvalue weighted by Crippen LogP contribution is -2.25. The first-order valence-electron chi connectivity index (χ1n) is 8.29. The fraction of sp³-hybridized carbons (Fsp3) is 0.263. The molecule has 1 N–H and O–H groups in total. The molecule has 0 spiro atoms. The first-order chi connectivity index (χ1) is 12.2. The van der Waals surface area contributed by atoms with Gasteiger partial charge in [0.15, 0.2) is 0 Å². The Morgan fingerprint density at radius 1 is 1.20 bits per heavy atom. The molecular weight excluding hydrogens is 382 g/mol. The van der Waals surface area contributed by atoms with Crippen LogP contribution in [0.4, 0.5) is 0 Å². The number of hydrogen-bond donors (Lipinski definition) is 1. The molecule has 5 nitrogen and oxygen atoms in total. The smallest absolute Gasteiger partial charge is 0.220 e. The van der Waals surface area contributed by atoms with Crippen molar-refractivity contribution in [2.24, 2.45) is 0 Å². The number of aromatic nitrogens is 2. The molecule has 0 saturated heterocycles. The fourth-order valence-electron chi connectivity index (χ4n) is 2.50. The van der Waals surface area contributed by atoms with Crippen LogP contribution in [0.1, 0.15) is 18.5 Å². The number of pyridine rings is 1. The lowest BCUT2D eigenvalue weighted by Gasteiger charge is -2.08. The summed E-state index contributed by atoms with van der Waals surface area (Å²) < 4.78 is 8.56. The number of nitrogens with zero attached hydrogens (tertiary/aromatic N) is 2. The van der Waals surface area contributed by atoms with Crippen molar-refractivity contribution in [1.29, 1.82) is 0 Å². The van der Waals surface area contributed by atoms with E-state index in [4.69, 9.17) is 4.74 Å². The Labute approximate surface area is 155 Å². The van der Waals surface area contributed by atoms with E-state index in [-0.39, 0.29) is 5.91 Å². The average Bonchev–Trinajstić information content (AvgIpc) is 3.03. The number of amides is 1. The lowest BCUT2D eigenvalue weighted by atomic mass is 10.3. The van der Waals surface area contributed by atoms with Crippen LogP contribution in [-0.2, 0) is 11.2 Å². The number of carbonyl (C=O) groups excluding carboxylic acids is 1. The highest BCUT2D eigenvalue weighted by Gasteiger charge is 2.05. The normalized spacial score (nSPS) is 10.8. The van der Waals surface area contributed by atoms with Crippen LogP contribution < -0.4 is 10.1 Å². The van der Waals surface area contributed by atoms with E-state index in [1.807, 2.05) is 59.3 Å². The summed E-state index contributed by atoms with van der Waals surface area (Å²) in [5.41, 5.74) is 1.90. The number of ether oxygens (including phenoxy) is 1. The van der Waals surface area contributed by atoms with Gasteiger partial charge in [-0.3, -0.25) is 4.79 Å². The third-order valence-electron chi connectivity index (χ3n) is 3.76. The number of imidazole rings is 1. The average molecular weight is 402 g/mol. The molecule has 25 heavy (non-hydrogen) atoms. The molecule has 0 aliphatic heterocycles. The Bertz CT molecular complexity index is 814. The van der Waals surface area contributed by atoms with Crippen molar-refractivity contribution < 1.29 is 9.53 Å². The van der Waals surface area contributed by atoms with Gasteiger partial charge in [0, 0.05) is 31.8 Å². The van der Waals surface area contributed by atoms with Gasteiger partial charge in [-0.2, -0.15) is 0 Å². The van der Waals surface area contributed by atoms with Crippen molar-refractivity contribution in [3.63, 3.8) is 0 Å². The van der Waals surface area contributed by atoms with Crippen molar-refractivity contribution in [1.82, 2.24) is 14.7 Å². The largest absolute Gasteiger partial charge is 0.492 e. The van der Waals surface area contributed by atoms with Crippen molar-refractivity contribution in [2.75, 3.05) is 13.2 Å². The molecule has 0 aliphatic carbocycles. The maximum atomic E-state index is 11.9. The summed E-state index contributed by atoms with van der Waals surface area (Å²) in [7, 11) is 0. The minimum absolute atomic E-state index is 0.0412. The molecule has 0 atom stereocenters. The third kappa shape index (κ3) is 5.06. The van der Waals surface area contributed by atoms with Gasteiger partial charge in [0.05, 0.1) is 16.8 Å². The first-order valence-corrected chi connectivity index (χ1v) is 9.08. The van der Waals surface area contributed by atoms with Crippen LogP contribution in [0.5, 0.6) is 5.75 Å². The zero-order valence-electron chi connectivity index (χ0n) is 13.8. The number of rotatable bonds is 8. The van der Waals surface area contributed by atoms with Gasteiger partial charge in [-0.1, -0.05) is 18.2 Å². The Hall–Kier alpha value is -2.34. The SMILES string of the molecule is O=C(CCCOc1ccccc1Br)NCCc1cn2ccccc2n1. The van der Waals surface area contributed by atoms with Gasteiger partial charge >= 0.3 is 0 Å². The van der Waals surface area contributed by atoms with Crippen LogP contribution in [0, 0.1) is 0 Å². The number of hydrogen-bond acceptors (Lipinski definition) is 3. The molecule has 3 aromatic rings. The lowest BCUT2D eigenvalue weighted by molar-refractivity contribution is -0.121. The second-order valence-electron chi connectivity index (χ2n) is 5.68. The van der Waals surface area contributed by atoms with Gasteiger partial charge < -0.3 is 14.5 Å². The molecule has 1 aromatic carbocycles. The van der Waals surface area contributed by atoms with E-state index in [0.29, 0.717) is 26.0 Å². The monoisotopic (exact) mass is 401 g/mol. The van der Waals surface area contributed by atoms with Crippen molar-refractivity contribution in [3.8, 4) is 5.75 Å². The van der Waals surface area contributed by atoms with E-state index >= 15 is 0 Å². The van der Waals surface area contributed by atoms with Crippen LogP contribution in [0.15, 0.2) is 59.3 Å². The van der Waals surface area contributed by atoms with E-state index < -0.39 is 0 Å². The van der Waals surface area contributed by atoms with Crippen LogP contribution in [0.3, 0.4) is 0 Å². The Morgan fingerprint density at radius 2 is 2.04 bits per heavy atom. The van der Waals surface area contributed by atoms with Crippen LogP contribution in [-0.4, -0.2) is 28.4 Å². The summed E-state index contributed by atoms with van der Waals surface area (Å²) in [5.74, 6) is 0.842. The van der Waals surface area contributed by atoms with Gasteiger partial charge in [0.1, 0.15) is 11.4 Å². The number of benzene rings is 1. The molecule has 6 heteroatoms. The van der Waals surface area contributed by atoms with Crippen LogP contribution in [0.25, 0.3) is 5.65 Å². The highest BCUT2D eigenvalue weighted by Crippen LogP contribution is 2.23. The van der Waals surface area contributed by atoms with E-state index in [1.54, 1.807) is 0 Å². The summed E-state index contributed by atoms with van der Waals surface area (Å²) in [5, 5.41) is 2.93. The summed E-state index contributed by atoms with van der Waals surface area (Å²) in [6.07, 6.45) is 5.82. The highest BCUT2D eigenvalue weighted by atomic mass is 79.9. The maximum Gasteiger partial charge on any atom is 0.220 e.